The molecule has 1 atom stereocenters. The van der Waals surface area contributed by atoms with Crippen molar-refractivity contribution < 1.29 is 25.4 Å². The topological polar surface area (TPSA) is 77.5 Å². The van der Waals surface area contributed by atoms with Gasteiger partial charge >= 0.3 is 0 Å². The lowest BCUT2D eigenvalue weighted by Crippen LogP contribution is -2.16. The van der Waals surface area contributed by atoms with Gasteiger partial charge in [0.2, 0.25) is 6.86 Å². The Morgan fingerprint density at radius 1 is 1.00 bits per heavy atom. The van der Waals surface area contributed by atoms with Crippen LogP contribution >= 0.6 is 0 Å². The van der Waals surface area contributed by atoms with Crippen LogP contribution < -0.4 is 0 Å². The van der Waals surface area contributed by atoms with E-state index in [1.54, 1.807) is 12.1 Å². The molecule has 0 aromatic heterocycles. The van der Waals surface area contributed by atoms with E-state index in [1.807, 2.05) is 6.92 Å². The van der Waals surface area contributed by atoms with Crippen molar-refractivity contribution in [2.75, 3.05) is 6.86 Å². The van der Waals surface area contributed by atoms with Crippen molar-refractivity contribution in [3.8, 4) is 0 Å². The van der Waals surface area contributed by atoms with Crippen LogP contribution in [0.4, 0.5) is 4.39 Å². The van der Waals surface area contributed by atoms with E-state index in [0.29, 0.717) is 0 Å². The maximum absolute atomic E-state index is 12.8. The molecule has 2 aromatic rings. The minimum absolute atomic E-state index is 0.0338. The van der Waals surface area contributed by atoms with Crippen molar-refractivity contribution in [2.24, 2.45) is 0 Å². The molecular formula is C16H17FO5S2. The molecule has 0 saturated carbocycles. The highest BCUT2D eigenvalue weighted by Crippen LogP contribution is 2.33. The van der Waals surface area contributed by atoms with Gasteiger partial charge in [0.25, 0.3) is 10.1 Å². The number of hydrogen-bond acceptors (Lipinski definition) is 5. The molecule has 2 rings (SSSR count). The highest BCUT2D eigenvalue weighted by atomic mass is 32.2. The first-order chi connectivity index (χ1) is 11.2. The zero-order valence-corrected chi connectivity index (χ0v) is 14.8. The fourth-order valence-corrected chi connectivity index (χ4v) is 4.83. The third kappa shape index (κ3) is 3.66. The number of halogens is 1. The van der Waals surface area contributed by atoms with E-state index in [1.165, 1.54) is 43.3 Å². The van der Waals surface area contributed by atoms with Crippen LogP contribution in [0.1, 0.15) is 23.3 Å². The SMILES string of the molecule is Cc1ccc(S(=O)(=O)C(C)c2ccccc2S(=O)(=O)OCF)cc1. The summed E-state index contributed by atoms with van der Waals surface area (Å²) < 4.78 is 66.0. The van der Waals surface area contributed by atoms with E-state index in [4.69, 9.17) is 0 Å². The summed E-state index contributed by atoms with van der Waals surface area (Å²) in [6.07, 6.45) is 0. The lowest BCUT2D eigenvalue weighted by Gasteiger charge is -2.17. The lowest BCUT2D eigenvalue weighted by atomic mass is 10.2. The molecule has 0 aliphatic rings. The van der Waals surface area contributed by atoms with Crippen molar-refractivity contribution in [3.63, 3.8) is 0 Å². The molecule has 0 bridgehead atoms. The molecule has 130 valence electrons. The Morgan fingerprint density at radius 3 is 2.17 bits per heavy atom. The van der Waals surface area contributed by atoms with Gasteiger partial charge in [-0.15, -0.1) is 0 Å². The molecule has 0 heterocycles. The summed E-state index contributed by atoms with van der Waals surface area (Å²) in [6, 6.07) is 11.8. The molecule has 0 aliphatic carbocycles. The van der Waals surface area contributed by atoms with Gasteiger partial charge < -0.3 is 0 Å². The summed E-state index contributed by atoms with van der Waals surface area (Å²) in [5.74, 6) is 0. The summed E-state index contributed by atoms with van der Waals surface area (Å²) in [5, 5.41) is -1.14. The van der Waals surface area contributed by atoms with E-state index in [9.17, 15) is 21.2 Å². The molecule has 0 radical (unpaired) electrons. The molecule has 0 spiro atoms. The Labute approximate surface area is 141 Å². The first-order valence-corrected chi connectivity index (χ1v) is 10.0. The number of alkyl halides is 1. The number of rotatable bonds is 6. The lowest BCUT2D eigenvalue weighted by molar-refractivity contribution is 0.198. The molecule has 1 unspecified atom stereocenters. The minimum atomic E-state index is -4.37. The third-order valence-electron chi connectivity index (χ3n) is 3.64. The molecule has 0 fully saturated rings. The average molecular weight is 372 g/mol. The quantitative estimate of drug-likeness (QED) is 0.728. The van der Waals surface area contributed by atoms with Crippen LogP contribution in [0.2, 0.25) is 0 Å². The van der Waals surface area contributed by atoms with Gasteiger partial charge in [-0.1, -0.05) is 35.9 Å². The monoisotopic (exact) mass is 372 g/mol. The zero-order chi connectivity index (χ0) is 18.0. The van der Waals surface area contributed by atoms with Crippen LogP contribution in [-0.2, 0) is 24.1 Å². The molecule has 0 N–H and O–H groups in total. The number of benzene rings is 2. The molecule has 0 amide bonds. The standard InChI is InChI=1S/C16H17FO5S2/c1-12-7-9-14(10-8-12)23(18,19)13(2)15-5-3-4-6-16(15)24(20,21)22-11-17/h3-10,13H,11H2,1-2H3. The third-order valence-corrected chi connectivity index (χ3v) is 7.06. The van der Waals surface area contributed by atoms with Gasteiger partial charge in [-0.25, -0.2) is 17.0 Å². The first kappa shape index (κ1) is 18.6. The summed E-state index contributed by atoms with van der Waals surface area (Å²) >= 11 is 0. The zero-order valence-electron chi connectivity index (χ0n) is 13.1. The van der Waals surface area contributed by atoms with Gasteiger partial charge in [0.1, 0.15) is 0 Å². The van der Waals surface area contributed by atoms with Crippen LogP contribution in [0.5, 0.6) is 0 Å². The summed E-state index contributed by atoms with van der Waals surface area (Å²) in [4.78, 5) is -0.273. The normalized spacial score (nSPS) is 13.6. The Morgan fingerprint density at radius 2 is 1.58 bits per heavy atom. The molecule has 8 heteroatoms. The summed E-state index contributed by atoms with van der Waals surface area (Å²) in [7, 11) is -8.19. The maximum atomic E-state index is 12.8. The second-order valence-electron chi connectivity index (χ2n) is 5.22. The van der Waals surface area contributed by atoms with Crippen molar-refractivity contribution in [3.05, 3.63) is 59.7 Å². The Hall–Kier alpha value is -1.77. The Bertz CT molecular complexity index is 919. The van der Waals surface area contributed by atoms with Crippen molar-refractivity contribution in [1.82, 2.24) is 0 Å². The average Bonchev–Trinajstić information content (AvgIpc) is 2.54. The molecule has 5 nitrogen and oxygen atoms in total. The molecule has 0 aliphatic heterocycles. The second kappa shape index (κ2) is 7.00. The summed E-state index contributed by atoms with van der Waals surface area (Å²) in [6.45, 7) is 1.70. The summed E-state index contributed by atoms with van der Waals surface area (Å²) in [5.41, 5.74) is 0.937. The van der Waals surface area contributed by atoms with Crippen molar-refractivity contribution in [2.45, 2.75) is 28.9 Å². The predicted molar refractivity (Wildman–Crippen MR) is 87.5 cm³/mol. The smallest absolute Gasteiger partial charge is 0.232 e. The van der Waals surface area contributed by atoms with E-state index in [2.05, 4.69) is 4.18 Å². The van der Waals surface area contributed by atoms with Gasteiger partial charge in [0.15, 0.2) is 9.84 Å². The van der Waals surface area contributed by atoms with Crippen molar-refractivity contribution >= 4 is 20.0 Å². The van der Waals surface area contributed by atoms with Crippen LogP contribution in [0.3, 0.4) is 0 Å². The fraction of sp³-hybridized carbons (Fsp3) is 0.250. The molecule has 24 heavy (non-hydrogen) atoms. The maximum Gasteiger partial charge on any atom is 0.299 e. The van der Waals surface area contributed by atoms with E-state index in [0.717, 1.165) is 5.56 Å². The van der Waals surface area contributed by atoms with Crippen LogP contribution in [0.25, 0.3) is 0 Å². The van der Waals surface area contributed by atoms with Gasteiger partial charge in [-0.2, -0.15) is 8.42 Å². The first-order valence-electron chi connectivity index (χ1n) is 7.05. The number of hydrogen-bond donors (Lipinski definition) is 0. The highest BCUT2D eigenvalue weighted by Gasteiger charge is 2.30. The van der Waals surface area contributed by atoms with Gasteiger partial charge in [-0.3, -0.25) is 0 Å². The highest BCUT2D eigenvalue weighted by molar-refractivity contribution is 7.91. The molecule has 2 aromatic carbocycles. The largest absolute Gasteiger partial charge is 0.299 e. The van der Waals surface area contributed by atoms with Crippen LogP contribution in [0, 0.1) is 6.92 Å². The number of aryl methyl sites for hydroxylation is 1. The van der Waals surface area contributed by atoms with Gasteiger partial charge in [-0.05, 0) is 37.6 Å². The second-order valence-corrected chi connectivity index (χ2v) is 9.07. The number of sulfone groups is 1. The van der Waals surface area contributed by atoms with Crippen molar-refractivity contribution in [1.29, 1.82) is 0 Å². The van der Waals surface area contributed by atoms with Gasteiger partial charge in [0, 0.05) is 0 Å². The minimum Gasteiger partial charge on any atom is -0.232 e. The van der Waals surface area contributed by atoms with Crippen LogP contribution in [0.15, 0.2) is 58.3 Å². The molecule has 0 saturated heterocycles. The fourth-order valence-electron chi connectivity index (χ4n) is 2.27. The van der Waals surface area contributed by atoms with E-state index < -0.39 is 32.1 Å². The van der Waals surface area contributed by atoms with Crippen LogP contribution in [-0.4, -0.2) is 23.7 Å². The Balaban J connectivity index is 2.54. The van der Waals surface area contributed by atoms with E-state index >= 15 is 0 Å². The Kier molecular flexibility index (Phi) is 5.42. The van der Waals surface area contributed by atoms with E-state index in [-0.39, 0.29) is 15.4 Å². The van der Waals surface area contributed by atoms with Gasteiger partial charge in [0.05, 0.1) is 15.0 Å². The predicted octanol–water partition coefficient (Wildman–Crippen LogP) is 3.16. The molecular weight excluding hydrogens is 355 g/mol.